The van der Waals surface area contributed by atoms with Crippen molar-refractivity contribution in [2.24, 2.45) is 17.3 Å². The Morgan fingerprint density at radius 1 is 1.25 bits per heavy atom. The fourth-order valence-electron chi connectivity index (χ4n) is 2.31. The minimum absolute atomic E-state index is 0.411. The van der Waals surface area contributed by atoms with Gasteiger partial charge in [0.1, 0.15) is 0 Å². The second kappa shape index (κ2) is 3.37. The Bertz CT molecular complexity index is 151. The Morgan fingerprint density at radius 2 is 1.83 bits per heavy atom. The zero-order chi connectivity index (χ0) is 9.35. The van der Waals surface area contributed by atoms with Crippen LogP contribution in [0.2, 0.25) is 0 Å². The number of rotatable bonds is 2. The molecule has 1 heterocycles. The van der Waals surface area contributed by atoms with Gasteiger partial charge in [0.15, 0.2) is 0 Å². The summed E-state index contributed by atoms with van der Waals surface area (Å²) in [6.45, 7) is 12.5. The summed E-state index contributed by atoms with van der Waals surface area (Å²) in [6.07, 6.45) is 1.70. The molecule has 1 fully saturated rings. The molecule has 1 aliphatic rings. The highest BCUT2D eigenvalue weighted by Gasteiger charge is 2.43. The first-order chi connectivity index (χ1) is 5.48. The molecule has 1 rings (SSSR count). The molecule has 0 spiro atoms. The molecule has 1 nitrogen and oxygen atoms in total. The van der Waals surface area contributed by atoms with E-state index in [1.165, 1.54) is 6.42 Å². The molecule has 0 N–H and O–H groups in total. The van der Waals surface area contributed by atoms with Crippen LogP contribution in [0.5, 0.6) is 0 Å². The Balaban J connectivity index is 2.74. The van der Waals surface area contributed by atoms with Crippen molar-refractivity contribution in [1.82, 2.24) is 0 Å². The van der Waals surface area contributed by atoms with Crippen molar-refractivity contribution in [3.05, 3.63) is 0 Å². The lowest BCUT2D eigenvalue weighted by molar-refractivity contribution is 0.000575. The highest BCUT2D eigenvalue weighted by atomic mass is 16.5. The lowest BCUT2D eigenvalue weighted by atomic mass is 9.70. The Labute approximate surface area is 76.5 Å². The van der Waals surface area contributed by atoms with Crippen LogP contribution in [0, 0.1) is 17.3 Å². The van der Waals surface area contributed by atoms with Gasteiger partial charge in [0.2, 0.25) is 0 Å². The highest BCUT2D eigenvalue weighted by Crippen LogP contribution is 2.44. The van der Waals surface area contributed by atoms with Crippen LogP contribution in [0.1, 0.15) is 41.0 Å². The lowest BCUT2D eigenvalue weighted by Crippen LogP contribution is -2.36. The van der Waals surface area contributed by atoms with Crippen LogP contribution in [0.15, 0.2) is 0 Å². The average Bonchev–Trinajstić information content (AvgIpc) is 2.32. The van der Waals surface area contributed by atoms with E-state index in [2.05, 4.69) is 34.6 Å². The van der Waals surface area contributed by atoms with Gasteiger partial charge in [0, 0.05) is 6.61 Å². The monoisotopic (exact) mass is 170 g/mol. The molecular formula is C11H22O. The van der Waals surface area contributed by atoms with Crippen LogP contribution in [0.25, 0.3) is 0 Å². The molecule has 1 heteroatoms. The van der Waals surface area contributed by atoms with Crippen molar-refractivity contribution in [3.8, 4) is 0 Å². The predicted octanol–water partition coefficient (Wildman–Crippen LogP) is 3.09. The molecule has 0 amide bonds. The van der Waals surface area contributed by atoms with Gasteiger partial charge < -0.3 is 4.74 Å². The number of ether oxygens (including phenoxy) is 1. The van der Waals surface area contributed by atoms with Crippen LogP contribution in [-0.2, 0) is 4.74 Å². The maximum atomic E-state index is 5.79. The number of hydrogen-bond donors (Lipinski definition) is 0. The standard InChI is InChI=1S/C11H22O/c1-8(2)10-11(5,9(3)4)6-7-12-10/h8-10H,6-7H2,1-5H3. The fourth-order valence-corrected chi connectivity index (χ4v) is 2.31. The lowest BCUT2D eigenvalue weighted by Gasteiger charge is -2.36. The first-order valence-electron chi connectivity index (χ1n) is 5.10. The van der Waals surface area contributed by atoms with Crippen molar-refractivity contribution in [1.29, 1.82) is 0 Å². The van der Waals surface area contributed by atoms with E-state index in [0.717, 1.165) is 12.5 Å². The van der Waals surface area contributed by atoms with Crippen molar-refractivity contribution in [2.45, 2.75) is 47.1 Å². The third kappa shape index (κ3) is 1.52. The maximum Gasteiger partial charge on any atom is 0.0654 e. The molecular weight excluding hydrogens is 148 g/mol. The molecule has 1 saturated heterocycles. The minimum Gasteiger partial charge on any atom is -0.377 e. The van der Waals surface area contributed by atoms with Crippen molar-refractivity contribution in [3.63, 3.8) is 0 Å². The fraction of sp³-hybridized carbons (Fsp3) is 1.00. The summed E-state index contributed by atoms with van der Waals surface area (Å²) in [7, 11) is 0. The van der Waals surface area contributed by atoms with Crippen molar-refractivity contribution in [2.75, 3.05) is 6.61 Å². The molecule has 72 valence electrons. The van der Waals surface area contributed by atoms with Gasteiger partial charge in [-0.05, 0) is 23.7 Å². The van der Waals surface area contributed by atoms with E-state index in [9.17, 15) is 0 Å². The summed E-state index contributed by atoms with van der Waals surface area (Å²) in [5.74, 6) is 1.38. The molecule has 0 aliphatic carbocycles. The van der Waals surface area contributed by atoms with Gasteiger partial charge in [-0.1, -0.05) is 34.6 Å². The van der Waals surface area contributed by atoms with E-state index in [0.29, 0.717) is 17.4 Å². The minimum atomic E-state index is 0.411. The summed E-state index contributed by atoms with van der Waals surface area (Å²) in [5, 5.41) is 0. The molecule has 2 unspecified atom stereocenters. The van der Waals surface area contributed by atoms with E-state index >= 15 is 0 Å². The highest BCUT2D eigenvalue weighted by molar-refractivity contribution is 4.91. The van der Waals surface area contributed by atoms with Gasteiger partial charge in [-0.15, -0.1) is 0 Å². The topological polar surface area (TPSA) is 9.23 Å². The normalized spacial score (nSPS) is 36.8. The first kappa shape index (κ1) is 10.0. The van der Waals surface area contributed by atoms with Gasteiger partial charge in [-0.3, -0.25) is 0 Å². The molecule has 0 bridgehead atoms. The van der Waals surface area contributed by atoms with E-state index < -0.39 is 0 Å². The zero-order valence-electron chi connectivity index (χ0n) is 9.05. The van der Waals surface area contributed by atoms with Crippen LogP contribution in [-0.4, -0.2) is 12.7 Å². The van der Waals surface area contributed by atoms with E-state index in [4.69, 9.17) is 4.74 Å². The zero-order valence-corrected chi connectivity index (χ0v) is 9.05. The van der Waals surface area contributed by atoms with Gasteiger partial charge in [0.25, 0.3) is 0 Å². The molecule has 12 heavy (non-hydrogen) atoms. The van der Waals surface area contributed by atoms with Crippen LogP contribution >= 0.6 is 0 Å². The largest absolute Gasteiger partial charge is 0.377 e. The second-order valence-electron chi connectivity index (χ2n) is 4.95. The second-order valence-corrected chi connectivity index (χ2v) is 4.95. The Morgan fingerprint density at radius 3 is 2.17 bits per heavy atom. The van der Waals surface area contributed by atoms with E-state index in [1.807, 2.05) is 0 Å². The summed E-state index contributed by atoms with van der Waals surface area (Å²) in [6, 6.07) is 0. The quantitative estimate of drug-likeness (QED) is 0.619. The van der Waals surface area contributed by atoms with E-state index in [1.54, 1.807) is 0 Å². The molecule has 0 radical (unpaired) electrons. The molecule has 0 aromatic heterocycles. The van der Waals surface area contributed by atoms with Crippen molar-refractivity contribution >= 4 is 0 Å². The average molecular weight is 170 g/mol. The molecule has 0 aromatic carbocycles. The van der Waals surface area contributed by atoms with Gasteiger partial charge >= 0.3 is 0 Å². The first-order valence-corrected chi connectivity index (χ1v) is 5.10. The van der Waals surface area contributed by atoms with E-state index in [-0.39, 0.29) is 0 Å². The third-order valence-electron chi connectivity index (χ3n) is 3.51. The van der Waals surface area contributed by atoms with Crippen LogP contribution in [0.3, 0.4) is 0 Å². The molecule has 2 atom stereocenters. The van der Waals surface area contributed by atoms with Gasteiger partial charge in [0.05, 0.1) is 6.10 Å². The summed E-state index contributed by atoms with van der Waals surface area (Å²) in [5.41, 5.74) is 0.411. The number of hydrogen-bond acceptors (Lipinski definition) is 1. The molecule has 1 aliphatic heterocycles. The summed E-state index contributed by atoms with van der Waals surface area (Å²) in [4.78, 5) is 0. The van der Waals surface area contributed by atoms with Crippen molar-refractivity contribution < 1.29 is 4.74 Å². The third-order valence-corrected chi connectivity index (χ3v) is 3.51. The van der Waals surface area contributed by atoms with Gasteiger partial charge in [-0.25, -0.2) is 0 Å². The molecule has 0 aromatic rings. The Hall–Kier alpha value is -0.0400. The van der Waals surface area contributed by atoms with Crippen LogP contribution < -0.4 is 0 Å². The molecule has 0 saturated carbocycles. The smallest absolute Gasteiger partial charge is 0.0654 e. The SMILES string of the molecule is CC(C)C1OCCC1(C)C(C)C. The maximum absolute atomic E-state index is 5.79. The Kier molecular flexibility index (Phi) is 2.82. The van der Waals surface area contributed by atoms with Gasteiger partial charge in [-0.2, -0.15) is 0 Å². The summed E-state index contributed by atoms with van der Waals surface area (Å²) >= 11 is 0. The van der Waals surface area contributed by atoms with Crippen LogP contribution in [0.4, 0.5) is 0 Å². The summed E-state index contributed by atoms with van der Waals surface area (Å²) < 4.78 is 5.79. The predicted molar refractivity (Wildman–Crippen MR) is 52.1 cm³/mol.